The highest BCUT2D eigenvalue weighted by Crippen LogP contribution is 2.44. The average molecular weight is 289 g/mol. The third-order valence-corrected chi connectivity index (χ3v) is 5.80. The van der Waals surface area contributed by atoms with E-state index in [9.17, 15) is 5.11 Å². The first kappa shape index (κ1) is 15.1. The molecule has 0 saturated heterocycles. The van der Waals surface area contributed by atoms with Crippen LogP contribution in [-0.2, 0) is 13.0 Å². The zero-order valence-corrected chi connectivity index (χ0v) is 14.2. The van der Waals surface area contributed by atoms with Gasteiger partial charge in [0.25, 0.3) is 0 Å². The van der Waals surface area contributed by atoms with Crippen molar-refractivity contribution in [2.45, 2.75) is 85.3 Å². The van der Waals surface area contributed by atoms with Crippen molar-refractivity contribution < 1.29 is 5.11 Å². The Kier molecular flexibility index (Phi) is 3.72. The van der Waals surface area contributed by atoms with Crippen LogP contribution in [0.5, 0.6) is 0 Å². The zero-order valence-electron chi connectivity index (χ0n) is 14.2. The second-order valence-electron chi connectivity index (χ2n) is 8.71. The van der Waals surface area contributed by atoms with E-state index < -0.39 is 0 Å². The van der Waals surface area contributed by atoms with Crippen molar-refractivity contribution in [3.8, 4) is 0 Å². The number of fused-ring (bicyclic) bond motifs is 1. The van der Waals surface area contributed by atoms with E-state index in [1.807, 2.05) is 0 Å². The molecule has 118 valence electrons. The number of hydrogen-bond donors (Lipinski definition) is 1. The summed E-state index contributed by atoms with van der Waals surface area (Å²) in [5.41, 5.74) is 4.60. The van der Waals surface area contributed by atoms with E-state index in [0.717, 1.165) is 19.4 Å². The van der Waals surface area contributed by atoms with E-state index in [1.165, 1.54) is 49.1 Å². The van der Waals surface area contributed by atoms with Gasteiger partial charge in [-0.25, -0.2) is 0 Å². The van der Waals surface area contributed by atoms with Crippen molar-refractivity contribution in [3.05, 3.63) is 23.0 Å². The average Bonchev–Trinajstić information content (AvgIpc) is 2.67. The van der Waals surface area contributed by atoms with E-state index in [2.05, 4.69) is 38.3 Å². The monoisotopic (exact) mass is 289 g/mol. The van der Waals surface area contributed by atoms with Crippen molar-refractivity contribution in [2.24, 2.45) is 10.8 Å². The van der Waals surface area contributed by atoms with Crippen LogP contribution in [0.25, 0.3) is 0 Å². The molecule has 1 heterocycles. The molecule has 1 aromatic rings. The second-order valence-corrected chi connectivity index (χ2v) is 8.71. The number of aromatic nitrogens is 1. The summed E-state index contributed by atoms with van der Waals surface area (Å²) in [5.74, 6) is 0. The molecule has 1 fully saturated rings. The lowest BCUT2D eigenvalue weighted by atomic mass is 9.74. The van der Waals surface area contributed by atoms with Crippen molar-refractivity contribution in [2.75, 3.05) is 0 Å². The summed E-state index contributed by atoms with van der Waals surface area (Å²) < 4.78 is 2.53. The van der Waals surface area contributed by atoms with Crippen LogP contribution < -0.4 is 0 Å². The second kappa shape index (κ2) is 5.15. The number of rotatable bonds is 2. The van der Waals surface area contributed by atoms with Gasteiger partial charge >= 0.3 is 0 Å². The van der Waals surface area contributed by atoms with Gasteiger partial charge < -0.3 is 9.67 Å². The molecule has 0 aromatic carbocycles. The Morgan fingerprint density at radius 3 is 2.52 bits per heavy atom. The summed E-state index contributed by atoms with van der Waals surface area (Å²) in [6.45, 7) is 10.4. The van der Waals surface area contributed by atoms with Crippen molar-refractivity contribution >= 4 is 0 Å². The minimum atomic E-state index is -0.275. The Morgan fingerprint density at radius 2 is 1.86 bits per heavy atom. The van der Waals surface area contributed by atoms with Crippen molar-refractivity contribution in [3.63, 3.8) is 0 Å². The van der Waals surface area contributed by atoms with Crippen LogP contribution in [0.1, 0.15) is 82.4 Å². The van der Waals surface area contributed by atoms with Gasteiger partial charge in [-0.05, 0) is 49.5 Å². The molecule has 0 aliphatic heterocycles. The molecular weight excluding hydrogens is 258 g/mol. The molecule has 21 heavy (non-hydrogen) atoms. The maximum Gasteiger partial charge on any atom is 0.0812 e. The molecule has 0 spiro atoms. The van der Waals surface area contributed by atoms with Crippen molar-refractivity contribution in [1.82, 2.24) is 4.57 Å². The third-order valence-electron chi connectivity index (χ3n) is 5.80. The van der Waals surface area contributed by atoms with E-state index in [4.69, 9.17) is 0 Å². The molecule has 1 unspecified atom stereocenters. The molecule has 1 N–H and O–H groups in total. The molecule has 0 amide bonds. The normalized spacial score (nSPS) is 27.4. The first-order valence-electron chi connectivity index (χ1n) is 8.67. The lowest BCUT2D eigenvalue weighted by Crippen LogP contribution is -2.31. The number of hydrogen-bond acceptors (Lipinski definition) is 1. The fraction of sp³-hybridized carbons (Fsp3) is 0.789. The van der Waals surface area contributed by atoms with Gasteiger partial charge in [-0.1, -0.05) is 40.0 Å². The van der Waals surface area contributed by atoms with E-state index in [0.29, 0.717) is 5.41 Å². The van der Waals surface area contributed by atoms with Gasteiger partial charge in [-0.15, -0.1) is 0 Å². The van der Waals surface area contributed by atoms with Gasteiger partial charge in [0.05, 0.1) is 6.10 Å². The molecule has 1 aromatic heterocycles. The van der Waals surface area contributed by atoms with Crippen LogP contribution in [0.4, 0.5) is 0 Å². The fourth-order valence-corrected chi connectivity index (χ4v) is 4.57. The predicted molar refractivity (Wildman–Crippen MR) is 87.4 cm³/mol. The van der Waals surface area contributed by atoms with Crippen LogP contribution in [0.3, 0.4) is 0 Å². The molecule has 0 bridgehead atoms. The number of aliphatic hydroxyl groups is 1. The standard InChI is InChI=1S/C19H31NO/c1-14-10-15-16(11-18(2,3)12-17(15)21)20(14)13-19(4)8-6-5-7-9-19/h10,17,21H,5-9,11-13H2,1-4H3. The van der Waals surface area contributed by atoms with Crippen LogP contribution in [0.2, 0.25) is 0 Å². The summed E-state index contributed by atoms with van der Waals surface area (Å²) in [7, 11) is 0. The van der Waals surface area contributed by atoms with Gasteiger partial charge in [0.2, 0.25) is 0 Å². The molecule has 2 heteroatoms. The topological polar surface area (TPSA) is 25.2 Å². The lowest BCUT2D eigenvalue weighted by molar-refractivity contribution is 0.0959. The first-order valence-corrected chi connectivity index (χ1v) is 8.67. The van der Waals surface area contributed by atoms with Gasteiger partial charge in [0, 0.05) is 23.5 Å². The molecule has 2 aliphatic carbocycles. The number of aliphatic hydroxyl groups excluding tert-OH is 1. The highest BCUT2D eigenvalue weighted by molar-refractivity contribution is 5.33. The minimum Gasteiger partial charge on any atom is -0.388 e. The highest BCUT2D eigenvalue weighted by atomic mass is 16.3. The largest absolute Gasteiger partial charge is 0.388 e. The fourth-order valence-electron chi connectivity index (χ4n) is 4.57. The summed E-state index contributed by atoms with van der Waals surface area (Å²) >= 11 is 0. The Labute approximate surface area is 129 Å². The van der Waals surface area contributed by atoms with Gasteiger partial charge in [-0.2, -0.15) is 0 Å². The van der Waals surface area contributed by atoms with Crippen LogP contribution in [0.15, 0.2) is 6.07 Å². The molecule has 1 atom stereocenters. The molecule has 0 radical (unpaired) electrons. The van der Waals surface area contributed by atoms with Crippen LogP contribution in [-0.4, -0.2) is 9.67 Å². The molecular formula is C19H31NO. The quantitative estimate of drug-likeness (QED) is 0.833. The Balaban J connectivity index is 1.93. The van der Waals surface area contributed by atoms with E-state index in [-0.39, 0.29) is 11.5 Å². The van der Waals surface area contributed by atoms with E-state index in [1.54, 1.807) is 0 Å². The zero-order chi connectivity index (χ0) is 15.3. The number of aryl methyl sites for hydroxylation is 1. The Bertz CT molecular complexity index is 520. The molecule has 1 saturated carbocycles. The Hall–Kier alpha value is -0.760. The van der Waals surface area contributed by atoms with Crippen molar-refractivity contribution in [1.29, 1.82) is 0 Å². The minimum absolute atomic E-state index is 0.211. The van der Waals surface area contributed by atoms with Gasteiger partial charge in [0.1, 0.15) is 0 Å². The maximum atomic E-state index is 10.5. The predicted octanol–water partition coefficient (Wildman–Crippen LogP) is 4.77. The van der Waals surface area contributed by atoms with Crippen LogP contribution >= 0.6 is 0 Å². The van der Waals surface area contributed by atoms with Crippen LogP contribution in [0, 0.1) is 17.8 Å². The van der Waals surface area contributed by atoms with Gasteiger partial charge in [0.15, 0.2) is 0 Å². The highest BCUT2D eigenvalue weighted by Gasteiger charge is 2.36. The Morgan fingerprint density at radius 1 is 1.19 bits per heavy atom. The summed E-state index contributed by atoms with van der Waals surface area (Å²) in [6, 6.07) is 2.24. The summed E-state index contributed by atoms with van der Waals surface area (Å²) in [5, 5.41) is 10.5. The SMILES string of the molecule is Cc1cc2c(n1CC1(C)CCCCC1)CC(C)(C)CC2O. The molecule has 3 rings (SSSR count). The maximum absolute atomic E-state index is 10.5. The molecule has 2 nitrogen and oxygen atoms in total. The van der Waals surface area contributed by atoms with E-state index >= 15 is 0 Å². The smallest absolute Gasteiger partial charge is 0.0812 e. The number of nitrogens with zero attached hydrogens (tertiary/aromatic N) is 1. The summed E-state index contributed by atoms with van der Waals surface area (Å²) in [4.78, 5) is 0. The molecule has 2 aliphatic rings. The first-order chi connectivity index (χ1) is 9.80. The van der Waals surface area contributed by atoms with Gasteiger partial charge in [-0.3, -0.25) is 0 Å². The summed E-state index contributed by atoms with van der Waals surface area (Å²) in [6.07, 6.45) is 8.59. The third kappa shape index (κ3) is 2.92. The lowest BCUT2D eigenvalue weighted by Gasteiger charge is -2.38.